The number of amidine groups is 1. The Labute approximate surface area is 237 Å². The van der Waals surface area contributed by atoms with E-state index in [-0.39, 0.29) is 23.1 Å². The second-order valence-electron chi connectivity index (χ2n) is 9.50. The Kier molecular flexibility index (Phi) is 8.06. The highest BCUT2D eigenvalue weighted by Crippen LogP contribution is 2.33. The van der Waals surface area contributed by atoms with Crippen LogP contribution in [-0.2, 0) is 26.0 Å². The van der Waals surface area contributed by atoms with Gasteiger partial charge in [0.25, 0.3) is 0 Å². The van der Waals surface area contributed by atoms with E-state index in [1.54, 1.807) is 29.2 Å². The molecule has 2 N–H and O–H groups in total. The van der Waals surface area contributed by atoms with Crippen LogP contribution in [-0.4, -0.2) is 65.5 Å². The summed E-state index contributed by atoms with van der Waals surface area (Å²) in [6.07, 6.45) is 2.50. The number of nitrogens with one attached hydrogen (secondary N) is 2. The van der Waals surface area contributed by atoms with Crippen LogP contribution in [0.1, 0.15) is 12.0 Å². The van der Waals surface area contributed by atoms with Crippen LogP contribution in [0.2, 0.25) is 0 Å². The number of H-pyrrole nitrogens is 1. The molecule has 40 heavy (non-hydrogen) atoms. The molecule has 0 aliphatic carbocycles. The summed E-state index contributed by atoms with van der Waals surface area (Å²) in [5.41, 5.74) is 3.15. The molecule has 1 atom stereocenters. The average Bonchev–Trinajstić information content (AvgIpc) is 3.48. The highest BCUT2D eigenvalue weighted by Gasteiger charge is 2.39. The second kappa shape index (κ2) is 11.7. The lowest BCUT2D eigenvalue weighted by atomic mass is 10.1. The number of fused-ring (bicyclic) bond motifs is 1. The minimum absolute atomic E-state index is 0.0178. The molecule has 1 fully saturated rings. The number of thioether (sulfide) groups is 1. The van der Waals surface area contributed by atoms with Gasteiger partial charge in [-0.25, -0.2) is 17.7 Å². The molecule has 0 saturated carbocycles. The van der Waals surface area contributed by atoms with E-state index in [9.17, 15) is 18.0 Å². The van der Waals surface area contributed by atoms with Gasteiger partial charge in [-0.05, 0) is 48.4 Å². The van der Waals surface area contributed by atoms with Gasteiger partial charge in [-0.1, -0.05) is 54.2 Å². The van der Waals surface area contributed by atoms with Crippen molar-refractivity contribution in [2.45, 2.75) is 23.0 Å². The van der Waals surface area contributed by atoms with Crippen molar-refractivity contribution >= 4 is 61.0 Å². The number of carbonyl (C=O) groups excluding carboxylic acids is 2. The van der Waals surface area contributed by atoms with E-state index in [4.69, 9.17) is 0 Å². The molecule has 206 valence electrons. The average molecular weight is 576 g/mol. The number of nitrogens with zero attached hydrogens (tertiary/aromatic N) is 3. The lowest BCUT2D eigenvalue weighted by Crippen LogP contribution is -2.35. The monoisotopic (exact) mass is 575 g/mol. The van der Waals surface area contributed by atoms with E-state index in [2.05, 4.69) is 15.3 Å². The zero-order chi connectivity index (χ0) is 28.3. The number of aliphatic imine (C=N–C) groups is 1. The Morgan fingerprint density at radius 2 is 1.80 bits per heavy atom. The van der Waals surface area contributed by atoms with Crippen molar-refractivity contribution in [2.24, 2.45) is 4.99 Å². The number of aromatic amines is 1. The molecule has 0 radical (unpaired) electrons. The first-order valence-corrected chi connectivity index (χ1v) is 15.0. The Hall–Kier alpha value is -3.93. The summed E-state index contributed by atoms with van der Waals surface area (Å²) in [7, 11) is -0.716. The third-order valence-electron chi connectivity index (χ3n) is 6.55. The van der Waals surface area contributed by atoms with E-state index >= 15 is 0 Å². The summed E-state index contributed by atoms with van der Waals surface area (Å²) < 4.78 is 26.5. The summed E-state index contributed by atoms with van der Waals surface area (Å²) in [5, 5.41) is 3.70. The molecule has 1 aliphatic rings. The highest BCUT2D eigenvalue weighted by atomic mass is 32.2. The molecular weight excluding hydrogens is 546 g/mol. The normalized spacial score (nSPS) is 16.8. The van der Waals surface area contributed by atoms with Gasteiger partial charge in [0.1, 0.15) is 5.25 Å². The van der Waals surface area contributed by atoms with Crippen molar-refractivity contribution in [1.82, 2.24) is 14.2 Å². The van der Waals surface area contributed by atoms with E-state index in [0.29, 0.717) is 29.5 Å². The van der Waals surface area contributed by atoms with Crippen LogP contribution in [0, 0.1) is 0 Å². The molecule has 11 heteroatoms. The first-order chi connectivity index (χ1) is 19.2. The Bertz CT molecular complexity index is 1680. The van der Waals surface area contributed by atoms with Crippen molar-refractivity contribution < 1.29 is 18.0 Å². The largest absolute Gasteiger partial charge is 0.361 e. The number of hydrogen-bond acceptors (Lipinski definition) is 6. The minimum Gasteiger partial charge on any atom is -0.361 e. The van der Waals surface area contributed by atoms with E-state index in [0.717, 1.165) is 20.8 Å². The maximum absolute atomic E-state index is 13.6. The quantitative estimate of drug-likeness (QED) is 0.302. The summed E-state index contributed by atoms with van der Waals surface area (Å²) in [4.78, 5) is 36.0. The van der Waals surface area contributed by atoms with Crippen LogP contribution in [0.5, 0.6) is 0 Å². The van der Waals surface area contributed by atoms with Gasteiger partial charge >= 0.3 is 0 Å². The third-order valence-corrected chi connectivity index (χ3v) is 9.54. The fourth-order valence-electron chi connectivity index (χ4n) is 4.44. The van der Waals surface area contributed by atoms with Crippen LogP contribution in [0.3, 0.4) is 0 Å². The van der Waals surface area contributed by atoms with Crippen LogP contribution < -0.4 is 5.32 Å². The first kappa shape index (κ1) is 27.6. The van der Waals surface area contributed by atoms with Gasteiger partial charge in [0.15, 0.2) is 5.17 Å². The molecule has 0 bridgehead atoms. The fraction of sp³-hybridized carbons (Fsp3) is 0.207. The van der Waals surface area contributed by atoms with Gasteiger partial charge in [0.05, 0.1) is 10.6 Å². The SMILES string of the molecule is CN(C)S(=O)(=O)c1cccc(N=C2S[C@H](CC(=O)Nc3ccccc3)C(=O)N2CCc2c[nH]c3ccccc23)c1. The second-order valence-corrected chi connectivity index (χ2v) is 12.8. The Morgan fingerprint density at radius 1 is 1.05 bits per heavy atom. The number of para-hydroxylation sites is 2. The van der Waals surface area contributed by atoms with E-state index < -0.39 is 15.3 Å². The number of amides is 2. The number of aromatic nitrogens is 1. The molecule has 2 heterocycles. The number of benzene rings is 3. The molecule has 3 aromatic carbocycles. The van der Waals surface area contributed by atoms with Crippen molar-refractivity contribution in [3.8, 4) is 0 Å². The van der Waals surface area contributed by atoms with E-state index in [1.165, 1.54) is 38.0 Å². The highest BCUT2D eigenvalue weighted by molar-refractivity contribution is 8.15. The van der Waals surface area contributed by atoms with Crippen LogP contribution in [0.4, 0.5) is 11.4 Å². The van der Waals surface area contributed by atoms with Crippen LogP contribution >= 0.6 is 11.8 Å². The number of sulfonamides is 1. The zero-order valence-electron chi connectivity index (χ0n) is 22.1. The third kappa shape index (κ3) is 5.96. The summed E-state index contributed by atoms with van der Waals surface area (Å²) >= 11 is 1.22. The molecule has 2 amide bonds. The molecule has 0 unspecified atom stereocenters. The number of hydrogen-bond donors (Lipinski definition) is 2. The maximum Gasteiger partial charge on any atom is 0.242 e. The maximum atomic E-state index is 13.6. The van der Waals surface area contributed by atoms with Gasteiger partial charge in [0.2, 0.25) is 21.8 Å². The Balaban J connectivity index is 1.41. The Morgan fingerprint density at radius 3 is 2.58 bits per heavy atom. The number of carbonyl (C=O) groups is 2. The minimum atomic E-state index is -3.65. The summed E-state index contributed by atoms with van der Waals surface area (Å²) in [6.45, 7) is 0.360. The van der Waals surface area contributed by atoms with Crippen LogP contribution in [0.25, 0.3) is 10.9 Å². The standard InChI is InChI=1S/C29H29N5O4S2/c1-33(2)40(37,38)23-12-8-11-22(17-23)32-29-34(16-15-20-19-30-25-14-7-6-13-24(20)25)28(36)26(39-29)18-27(35)31-21-9-4-3-5-10-21/h3-14,17,19,26,30H,15-16,18H2,1-2H3,(H,31,35)/t26-/m1/s1. The number of rotatable bonds is 9. The lowest BCUT2D eigenvalue weighted by molar-refractivity contribution is -0.128. The van der Waals surface area contributed by atoms with Gasteiger partial charge in [-0.2, -0.15) is 0 Å². The van der Waals surface area contributed by atoms with Crippen molar-refractivity contribution in [2.75, 3.05) is 26.0 Å². The molecule has 0 spiro atoms. The molecular formula is C29H29N5O4S2. The molecule has 1 saturated heterocycles. The lowest BCUT2D eigenvalue weighted by Gasteiger charge is -2.16. The molecule has 1 aromatic heterocycles. The number of anilines is 1. The van der Waals surface area contributed by atoms with Crippen molar-refractivity contribution in [1.29, 1.82) is 0 Å². The summed E-state index contributed by atoms with van der Waals surface area (Å²) in [5.74, 6) is -0.474. The van der Waals surface area contributed by atoms with Gasteiger partial charge in [-0.15, -0.1) is 0 Å². The molecule has 4 aromatic rings. The van der Waals surface area contributed by atoms with Gasteiger partial charge in [-0.3, -0.25) is 14.5 Å². The van der Waals surface area contributed by atoms with Crippen molar-refractivity contribution in [3.05, 3.63) is 90.6 Å². The van der Waals surface area contributed by atoms with E-state index in [1.807, 2.05) is 48.7 Å². The predicted octanol–water partition coefficient (Wildman–Crippen LogP) is 4.62. The van der Waals surface area contributed by atoms with Gasteiger partial charge in [0, 0.05) is 49.8 Å². The topological polar surface area (TPSA) is 115 Å². The zero-order valence-corrected chi connectivity index (χ0v) is 23.7. The fourth-order valence-corrected chi connectivity index (χ4v) is 6.56. The molecule has 5 rings (SSSR count). The van der Waals surface area contributed by atoms with Gasteiger partial charge < -0.3 is 10.3 Å². The molecule has 9 nitrogen and oxygen atoms in total. The van der Waals surface area contributed by atoms with Crippen molar-refractivity contribution in [3.63, 3.8) is 0 Å². The molecule has 1 aliphatic heterocycles. The van der Waals surface area contributed by atoms with Crippen LogP contribution in [0.15, 0.2) is 94.9 Å². The smallest absolute Gasteiger partial charge is 0.242 e. The first-order valence-electron chi connectivity index (χ1n) is 12.7. The predicted molar refractivity (Wildman–Crippen MR) is 159 cm³/mol. The summed E-state index contributed by atoms with van der Waals surface area (Å²) in [6, 6.07) is 23.4.